The Morgan fingerprint density at radius 3 is 1.17 bits per heavy atom. The summed E-state index contributed by atoms with van der Waals surface area (Å²) in [6.07, 6.45) is -1.98. The largest absolute Gasteiger partial charge is 0.465 e. The highest BCUT2D eigenvalue weighted by Gasteiger charge is 2.32. The van der Waals surface area contributed by atoms with Crippen molar-refractivity contribution < 1.29 is 87.2 Å². The molecule has 0 aliphatic carbocycles. The fourth-order valence-electron chi connectivity index (χ4n) is 7.92. The van der Waals surface area contributed by atoms with Crippen LogP contribution >= 0.6 is 11.6 Å². The number of pyridine rings is 3. The molecule has 94 heavy (non-hydrogen) atoms. The summed E-state index contributed by atoms with van der Waals surface area (Å²) in [6.45, 7) is 9.76. The number of aromatic nitrogens is 3. The van der Waals surface area contributed by atoms with Crippen molar-refractivity contribution in [1.29, 1.82) is 0 Å². The number of methoxy groups -OCH3 is 3. The number of amides is 2. The predicted molar refractivity (Wildman–Crippen MR) is 335 cm³/mol. The second kappa shape index (κ2) is 33.0. The van der Waals surface area contributed by atoms with Gasteiger partial charge in [0.15, 0.2) is 0 Å². The van der Waals surface area contributed by atoms with Crippen molar-refractivity contribution in [3.05, 3.63) is 238 Å². The van der Waals surface area contributed by atoms with E-state index in [0.29, 0.717) is 27.3 Å². The number of anilines is 5. The minimum atomic E-state index is -1.09. The van der Waals surface area contributed by atoms with Crippen LogP contribution in [-0.2, 0) is 23.7 Å². The third kappa shape index (κ3) is 20.3. The van der Waals surface area contributed by atoms with E-state index >= 15 is 0 Å². The van der Waals surface area contributed by atoms with Crippen molar-refractivity contribution in [1.82, 2.24) is 15.0 Å². The van der Waals surface area contributed by atoms with E-state index < -0.39 is 99.2 Å². The van der Waals surface area contributed by atoms with Crippen LogP contribution in [0.5, 0.6) is 0 Å². The van der Waals surface area contributed by atoms with Gasteiger partial charge in [0.1, 0.15) is 97.4 Å². The second-order valence-corrected chi connectivity index (χ2v) is 21.4. The summed E-state index contributed by atoms with van der Waals surface area (Å²) >= 11 is 5.81. The maximum Gasteiger partial charge on any atom is 0.420 e. The van der Waals surface area contributed by atoms with Gasteiger partial charge in [0, 0.05) is 16.7 Å². The number of halogens is 10. The first-order valence-electron chi connectivity index (χ1n) is 27.3. The Bertz CT molecular complexity index is 4100. The lowest BCUT2D eigenvalue weighted by atomic mass is 10.1. The van der Waals surface area contributed by atoms with Gasteiger partial charge >= 0.3 is 30.1 Å². The molecule has 0 saturated heterocycles. The van der Waals surface area contributed by atoms with Gasteiger partial charge in [-0.1, -0.05) is 37.2 Å². The molecule has 0 unspecified atom stereocenters. The van der Waals surface area contributed by atoms with Crippen molar-refractivity contribution >= 4 is 70.4 Å². The molecule has 0 radical (unpaired) electrons. The zero-order valence-corrected chi connectivity index (χ0v) is 51.5. The average Bonchev–Trinajstić information content (AvgIpc) is 0.789. The van der Waals surface area contributed by atoms with Gasteiger partial charge < -0.3 is 29.0 Å². The third-order valence-electron chi connectivity index (χ3n) is 12.0. The van der Waals surface area contributed by atoms with Gasteiger partial charge in [0.05, 0.1) is 55.1 Å². The van der Waals surface area contributed by atoms with E-state index in [9.17, 15) is 63.5 Å². The van der Waals surface area contributed by atoms with Gasteiger partial charge in [0.2, 0.25) is 0 Å². The van der Waals surface area contributed by atoms with Crippen LogP contribution in [0.25, 0.3) is 33.8 Å². The van der Waals surface area contributed by atoms with Crippen molar-refractivity contribution in [3.63, 3.8) is 0 Å². The quantitative estimate of drug-likeness (QED) is 0.0537. The van der Waals surface area contributed by atoms with Gasteiger partial charge in [-0.15, -0.1) is 0 Å². The molecule has 6 aromatic carbocycles. The number of esters is 3. The Morgan fingerprint density at radius 1 is 0.426 bits per heavy atom. The molecular weight excluding hydrogens is 1270 g/mol. The van der Waals surface area contributed by atoms with Crippen LogP contribution in [0.3, 0.4) is 0 Å². The molecule has 3 aromatic heterocycles. The maximum atomic E-state index is 14.7. The van der Waals surface area contributed by atoms with Gasteiger partial charge in [0.25, 0.3) is 0 Å². The first-order valence-corrected chi connectivity index (χ1v) is 27.6. The summed E-state index contributed by atoms with van der Waals surface area (Å²) in [4.78, 5) is 73.5. The molecule has 0 aliphatic rings. The van der Waals surface area contributed by atoms with Crippen LogP contribution in [-0.4, -0.2) is 77.6 Å². The number of nitrogens with one attached hydrogen (secondary N) is 2. The van der Waals surface area contributed by atoms with E-state index in [4.69, 9.17) is 30.5 Å². The zero-order chi connectivity index (χ0) is 68.5. The third-order valence-corrected chi connectivity index (χ3v) is 12.2. The molecule has 3 heterocycles. The summed E-state index contributed by atoms with van der Waals surface area (Å²) in [5, 5.41) is 4.83. The lowest BCUT2D eigenvalue weighted by Crippen LogP contribution is -2.35. The highest BCUT2D eigenvalue weighted by molar-refractivity contribution is 6.29. The zero-order valence-electron chi connectivity index (χ0n) is 50.7. The lowest BCUT2D eigenvalue weighted by molar-refractivity contribution is 0.0587. The maximum absolute atomic E-state index is 14.7. The first-order chi connectivity index (χ1) is 43.9. The molecule has 0 spiro atoms. The topological polar surface area (TPSA) is 197 Å². The number of para-hydroxylation sites is 3. The number of carbonyl (C=O) groups excluding carboxylic acids is 5. The first kappa shape index (κ1) is 73.9. The number of benzene rings is 6. The molecule has 0 saturated carbocycles. The van der Waals surface area contributed by atoms with E-state index in [2.05, 4.69) is 25.0 Å². The van der Waals surface area contributed by atoms with Crippen LogP contribution in [0.4, 0.5) is 77.8 Å². The van der Waals surface area contributed by atoms with Gasteiger partial charge in [-0.2, -0.15) is 0 Å². The number of nitrogens with zero attached hydrogens (tertiary/aromatic N) is 4. The van der Waals surface area contributed by atoms with E-state index in [0.717, 1.165) is 54.6 Å². The van der Waals surface area contributed by atoms with Gasteiger partial charge in [-0.3, -0.25) is 5.32 Å². The smallest absolute Gasteiger partial charge is 0.420 e. The van der Waals surface area contributed by atoms with Crippen molar-refractivity contribution in [2.45, 2.75) is 60.2 Å². The van der Waals surface area contributed by atoms with Crippen LogP contribution in [0.1, 0.15) is 80.0 Å². The SMILES string of the molecule is C.CC(C)(C)OC(=O)Nc1c(F)cccc1F.COC(=O)c1ccc(Cl)nc1-c1ccc(F)cc1.COC(=O)c1ccc(N(C(=O)OC(C)(C)C)c2c(F)cccc2F)nc1-c1ccc(F)cc1.COC(=O)c1ccc(Nc2c(F)cccc2F)nc1-c1ccc(F)cc1. The summed E-state index contributed by atoms with van der Waals surface area (Å²) in [7, 11) is 3.68. The molecule has 492 valence electrons. The van der Waals surface area contributed by atoms with Crippen molar-refractivity contribution in [3.8, 4) is 33.8 Å². The number of ether oxygens (including phenoxy) is 5. The average molecular weight is 1330 g/mol. The van der Waals surface area contributed by atoms with E-state index in [1.807, 2.05) is 5.32 Å². The standard InChI is InChI=1S/C24H21F3N2O4.C19H13F3N2O2.C13H9ClFNO2.C11H13F2NO2.CH4/c1-24(2,3)33-23(31)29(21-17(26)6-5-7-18(21)27)19-13-12-16(22(30)32-4)20(28-19)14-8-10-15(25)11-9-14;1-26-19(25)13-9-10-16(24-18-14(21)3-2-4-15(18)22)23-17(13)11-5-7-12(20)8-6-11;1-18-13(17)10-6-7-11(14)16-12(10)8-2-4-9(15)5-3-8;1-11(2,3)16-10(15)14-9-7(12)5-4-6-8(9)13;/h5-13H,1-4H3;2-10H,1H3,(H,23,24);2-7H,1H3;4-6H,1-3H3,(H,14,15);1H4. The Balaban J connectivity index is 0.000000235. The van der Waals surface area contributed by atoms with Crippen LogP contribution in [0.15, 0.2) is 164 Å². The number of carbonyl (C=O) groups is 5. The molecule has 0 aliphatic heterocycles. The van der Waals surface area contributed by atoms with E-state index in [-0.39, 0.29) is 63.8 Å². The molecule has 0 fully saturated rings. The van der Waals surface area contributed by atoms with Crippen LogP contribution < -0.4 is 15.5 Å². The van der Waals surface area contributed by atoms with Crippen LogP contribution in [0, 0.1) is 52.4 Å². The Kier molecular flexibility index (Phi) is 25.9. The monoisotopic (exact) mass is 1330 g/mol. The summed E-state index contributed by atoms with van der Waals surface area (Å²) in [6, 6.07) is 34.3. The minimum absolute atomic E-state index is 0. The van der Waals surface area contributed by atoms with Gasteiger partial charge in [-0.05, 0) is 187 Å². The second-order valence-electron chi connectivity index (χ2n) is 21.0. The van der Waals surface area contributed by atoms with E-state index in [1.165, 1.54) is 131 Å². The molecule has 9 aromatic rings. The summed E-state index contributed by atoms with van der Waals surface area (Å²) in [5.74, 6) is -8.63. The number of hydrogen-bond donors (Lipinski definition) is 2. The van der Waals surface area contributed by atoms with Crippen molar-refractivity contribution in [2.75, 3.05) is 36.9 Å². The molecule has 9 rings (SSSR count). The van der Waals surface area contributed by atoms with E-state index in [1.54, 1.807) is 41.5 Å². The normalized spacial score (nSPS) is 10.6. The van der Waals surface area contributed by atoms with Crippen LogP contribution in [0.2, 0.25) is 5.15 Å². The Hall–Kier alpha value is -10.8. The summed E-state index contributed by atoms with van der Waals surface area (Å²) < 4.78 is 147. The molecule has 2 amide bonds. The number of rotatable bonds is 11. The molecule has 0 atom stereocenters. The Morgan fingerprint density at radius 2 is 0.777 bits per heavy atom. The fraction of sp³-hybridized carbons (Fsp3) is 0.176. The van der Waals surface area contributed by atoms with Gasteiger partial charge in [-0.25, -0.2) is 83.3 Å². The summed E-state index contributed by atoms with van der Waals surface area (Å²) in [5.41, 5.74) is -0.895. The highest BCUT2D eigenvalue weighted by Crippen LogP contribution is 2.35. The molecule has 0 bridgehead atoms. The fourth-order valence-corrected chi connectivity index (χ4v) is 8.07. The lowest BCUT2D eigenvalue weighted by Gasteiger charge is -2.27. The molecule has 2 N–H and O–H groups in total. The molecule has 16 nitrogen and oxygen atoms in total. The Labute approximate surface area is 539 Å². The predicted octanol–water partition coefficient (Wildman–Crippen LogP) is 18.0. The highest BCUT2D eigenvalue weighted by atomic mass is 35.5. The minimum Gasteiger partial charge on any atom is -0.465 e. The molecular formula is C68H60ClF9N6O10. The molecule has 26 heteroatoms. The van der Waals surface area contributed by atoms with Crippen molar-refractivity contribution in [2.24, 2.45) is 0 Å². The number of hydrogen-bond acceptors (Lipinski definition) is 14.